The van der Waals surface area contributed by atoms with Crippen molar-refractivity contribution in [2.45, 2.75) is 25.6 Å². The number of amidine groups is 1. The van der Waals surface area contributed by atoms with Crippen LogP contribution in [-0.4, -0.2) is 50.1 Å². The molecule has 1 heterocycles. The molecule has 0 unspecified atom stereocenters. The first-order valence-corrected chi connectivity index (χ1v) is 11.8. The molecular formula is C25H28N2O7S. The van der Waals surface area contributed by atoms with E-state index in [0.29, 0.717) is 45.0 Å². The van der Waals surface area contributed by atoms with Crippen LogP contribution in [-0.2, 0) is 15.3 Å². The largest absolute Gasteiger partial charge is 0.493 e. The van der Waals surface area contributed by atoms with Crippen LogP contribution in [0.3, 0.4) is 0 Å². The van der Waals surface area contributed by atoms with Gasteiger partial charge in [0.25, 0.3) is 0 Å². The van der Waals surface area contributed by atoms with Gasteiger partial charge in [0.05, 0.1) is 39.1 Å². The highest BCUT2D eigenvalue weighted by molar-refractivity contribution is 8.13. The molecule has 1 aliphatic rings. The lowest BCUT2D eigenvalue weighted by Crippen LogP contribution is -2.30. The SMILES string of the molecule is CCOC(=O)C1=C(C)NC(SCc2cccc(C(=O)O)c2)=N[C@H]1c1cc(OC)c(OC)c(OC)c1. The molecule has 10 heteroatoms. The van der Waals surface area contributed by atoms with Crippen molar-refractivity contribution < 1.29 is 33.6 Å². The highest BCUT2D eigenvalue weighted by Crippen LogP contribution is 2.43. The Labute approximate surface area is 208 Å². The van der Waals surface area contributed by atoms with Gasteiger partial charge in [-0.15, -0.1) is 0 Å². The Morgan fingerprint density at radius 2 is 1.77 bits per heavy atom. The number of nitrogens with zero attached hydrogens (tertiary/aromatic N) is 1. The number of hydrogen-bond acceptors (Lipinski definition) is 9. The van der Waals surface area contributed by atoms with Crippen LogP contribution >= 0.6 is 11.8 Å². The first-order valence-electron chi connectivity index (χ1n) is 10.8. The fraction of sp³-hybridized carbons (Fsp3) is 0.320. The maximum Gasteiger partial charge on any atom is 0.338 e. The number of carboxylic acid groups (broad SMARTS) is 1. The summed E-state index contributed by atoms with van der Waals surface area (Å²) in [6.45, 7) is 3.76. The molecular weight excluding hydrogens is 472 g/mol. The number of rotatable bonds is 9. The number of ether oxygens (including phenoxy) is 4. The molecule has 2 aromatic carbocycles. The van der Waals surface area contributed by atoms with E-state index in [1.54, 1.807) is 44.2 Å². The number of benzene rings is 2. The van der Waals surface area contributed by atoms with Crippen molar-refractivity contribution in [2.75, 3.05) is 27.9 Å². The fourth-order valence-corrected chi connectivity index (χ4v) is 4.53. The third kappa shape index (κ3) is 5.89. The number of nitrogens with one attached hydrogen (secondary N) is 1. The minimum atomic E-state index is -0.981. The van der Waals surface area contributed by atoms with Gasteiger partial charge in [0.2, 0.25) is 5.75 Å². The van der Waals surface area contributed by atoms with Gasteiger partial charge < -0.3 is 29.4 Å². The Hall–Kier alpha value is -3.66. The van der Waals surface area contributed by atoms with Gasteiger partial charge in [-0.2, -0.15) is 0 Å². The number of carboxylic acids is 1. The highest BCUT2D eigenvalue weighted by atomic mass is 32.2. The molecule has 2 aromatic rings. The standard InChI is InChI=1S/C25H28N2O7S/c1-6-34-24(30)20-14(2)26-25(35-13-15-8-7-9-16(10-15)23(28)29)27-21(20)17-11-18(31-3)22(33-5)19(12-17)32-4/h7-12,21H,6,13H2,1-5H3,(H,26,27)(H,28,29)/t21-/m0/s1. The molecule has 3 rings (SSSR count). The van der Waals surface area contributed by atoms with E-state index < -0.39 is 18.0 Å². The number of methoxy groups -OCH3 is 3. The molecule has 186 valence electrons. The van der Waals surface area contributed by atoms with Crippen molar-refractivity contribution in [2.24, 2.45) is 4.99 Å². The van der Waals surface area contributed by atoms with Crippen molar-refractivity contribution in [1.29, 1.82) is 0 Å². The van der Waals surface area contributed by atoms with Crippen LogP contribution in [0.4, 0.5) is 0 Å². The number of hydrogen-bond donors (Lipinski definition) is 2. The Bertz CT molecular complexity index is 1150. The van der Waals surface area contributed by atoms with Crippen molar-refractivity contribution in [3.05, 3.63) is 64.4 Å². The van der Waals surface area contributed by atoms with Crippen molar-refractivity contribution >= 4 is 28.9 Å². The summed E-state index contributed by atoms with van der Waals surface area (Å²) in [4.78, 5) is 29.0. The summed E-state index contributed by atoms with van der Waals surface area (Å²) < 4.78 is 21.7. The van der Waals surface area contributed by atoms with Gasteiger partial charge in [-0.05, 0) is 49.2 Å². The molecule has 0 aliphatic carbocycles. The molecule has 35 heavy (non-hydrogen) atoms. The van der Waals surface area contributed by atoms with Crippen LogP contribution in [0.25, 0.3) is 0 Å². The van der Waals surface area contributed by atoms with Gasteiger partial charge >= 0.3 is 11.9 Å². The van der Waals surface area contributed by atoms with Crippen LogP contribution in [0.15, 0.2) is 52.7 Å². The van der Waals surface area contributed by atoms with Crippen molar-refractivity contribution in [3.63, 3.8) is 0 Å². The summed E-state index contributed by atoms with van der Waals surface area (Å²) in [5.74, 6) is 0.343. The second kappa shape index (κ2) is 11.7. The lowest BCUT2D eigenvalue weighted by atomic mass is 9.96. The van der Waals surface area contributed by atoms with Crippen molar-refractivity contribution in [1.82, 2.24) is 5.32 Å². The normalized spacial score (nSPS) is 15.1. The van der Waals surface area contributed by atoms with Crippen molar-refractivity contribution in [3.8, 4) is 17.2 Å². The Balaban J connectivity index is 2.00. The highest BCUT2D eigenvalue weighted by Gasteiger charge is 2.32. The summed E-state index contributed by atoms with van der Waals surface area (Å²) in [6, 6.07) is 9.56. The second-order valence-corrected chi connectivity index (χ2v) is 8.44. The van der Waals surface area contributed by atoms with E-state index in [-0.39, 0.29) is 12.2 Å². The molecule has 1 aliphatic heterocycles. The Morgan fingerprint density at radius 3 is 2.34 bits per heavy atom. The van der Waals surface area contributed by atoms with Gasteiger partial charge in [0, 0.05) is 11.4 Å². The second-order valence-electron chi connectivity index (χ2n) is 7.47. The first-order chi connectivity index (χ1) is 16.8. The Kier molecular flexibility index (Phi) is 8.64. The summed E-state index contributed by atoms with van der Waals surface area (Å²) in [6.07, 6.45) is 0. The minimum absolute atomic E-state index is 0.220. The molecule has 0 bridgehead atoms. The monoisotopic (exact) mass is 500 g/mol. The molecule has 9 nitrogen and oxygen atoms in total. The maximum absolute atomic E-state index is 12.9. The lowest BCUT2D eigenvalue weighted by molar-refractivity contribution is -0.138. The molecule has 2 N–H and O–H groups in total. The van der Waals surface area contributed by atoms with E-state index in [1.807, 2.05) is 6.07 Å². The van der Waals surface area contributed by atoms with Gasteiger partial charge in [-0.1, -0.05) is 23.9 Å². The Morgan fingerprint density at radius 1 is 1.09 bits per heavy atom. The van der Waals surface area contributed by atoms with E-state index in [4.69, 9.17) is 23.9 Å². The zero-order valence-corrected chi connectivity index (χ0v) is 21.0. The van der Waals surface area contributed by atoms with Gasteiger partial charge in [-0.3, -0.25) is 0 Å². The minimum Gasteiger partial charge on any atom is -0.493 e. The van der Waals surface area contributed by atoms with Crippen LogP contribution in [0, 0.1) is 0 Å². The van der Waals surface area contributed by atoms with E-state index in [0.717, 1.165) is 5.56 Å². The molecule has 0 spiro atoms. The average Bonchev–Trinajstić information content (AvgIpc) is 2.86. The average molecular weight is 501 g/mol. The fourth-order valence-electron chi connectivity index (χ4n) is 3.64. The summed E-state index contributed by atoms with van der Waals surface area (Å²) in [5, 5.41) is 13.0. The van der Waals surface area contributed by atoms with Crippen LogP contribution in [0.2, 0.25) is 0 Å². The predicted molar refractivity (Wildman–Crippen MR) is 133 cm³/mol. The predicted octanol–water partition coefficient (Wildman–Crippen LogP) is 4.18. The zero-order valence-electron chi connectivity index (χ0n) is 20.2. The summed E-state index contributed by atoms with van der Waals surface area (Å²) >= 11 is 1.40. The van der Waals surface area contributed by atoms with E-state index in [2.05, 4.69) is 5.32 Å². The molecule has 0 radical (unpaired) electrons. The number of carbonyl (C=O) groups excluding carboxylic acids is 1. The molecule has 0 amide bonds. The quantitative estimate of drug-likeness (QED) is 0.489. The number of esters is 1. The van der Waals surface area contributed by atoms with E-state index >= 15 is 0 Å². The third-order valence-electron chi connectivity index (χ3n) is 5.27. The zero-order chi connectivity index (χ0) is 25.5. The number of carbonyl (C=O) groups is 2. The summed E-state index contributed by atoms with van der Waals surface area (Å²) in [7, 11) is 4.56. The number of allylic oxidation sites excluding steroid dienone is 1. The summed E-state index contributed by atoms with van der Waals surface area (Å²) in [5.41, 5.74) is 2.70. The lowest BCUT2D eigenvalue weighted by Gasteiger charge is -2.26. The number of thioether (sulfide) groups is 1. The topological polar surface area (TPSA) is 116 Å². The number of aliphatic imine (C=N–C) groups is 1. The molecule has 1 atom stereocenters. The van der Waals surface area contributed by atoms with E-state index in [1.165, 1.54) is 33.1 Å². The molecule has 0 saturated heterocycles. The van der Waals surface area contributed by atoms with E-state index in [9.17, 15) is 14.7 Å². The van der Waals surface area contributed by atoms with Gasteiger partial charge in [0.1, 0.15) is 6.04 Å². The molecule has 0 fully saturated rings. The number of aromatic carboxylic acids is 1. The van der Waals surface area contributed by atoms with Crippen LogP contribution in [0.5, 0.6) is 17.2 Å². The van der Waals surface area contributed by atoms with Gasteiger partial charge in [0.15, 0.2) is 16.7 Å². The molecule has 0 aromatic heterocycles. The van der Waals surface area contributed by atoms with Crippen LogP contribution < -0.4 is 19.5 Å². The maximum atomic E-state index is 12.9. The van der Waals surface area contributed by atoms with Gasteiger partial charge in [-0.25, -0.2) is 14.6 Å². The first kappa shape index (κ1) is 26.0. The molecule has 0 saturated carbocycles. The third-order valence-corrected chi connectivity index (χ3v) is 6.22. The smallest absolute Gasteiger partial charge is 0.338 e. The van der Waals surface area contributed by atoms with Crippen LogP contribution in [0.1, 0.15) is 41.4 Å².